The van der Waals surface area contributed by atoms with Crippen LogP contribution in [0.1, 0.15) is 26.7 Å². The maximum atomic E-state index is 12.8. The number of nitrogens with zero attached hydrogens (tertiary/aromatic N) is 4. The lowest BCUT2D eigenvalue weighted by Crippen LogP contribution is -2.50. The highest BCUT2D eigenvalue weighted by atomic mass is 32.2. The van der Waals surface area contributed by atoms with Gasteiger partial charge in [0.1, 0.15) is 0 Å². The molecule has 0 saturated carbocycles. The standard InChI is InChI=1S/C16H27N5O3S/c1-3-15-14(2)13-17-16(18-15)19-5-4-6-20(8-7-19)25(22,23)21-9-11-24-12-10-21/h13H,3-12H2,1-2H3/p+1. The van der Waals surface area contributed by atoms with Crippen molar-refractivity contribution in [3.63, 3.8) is 0 Å². The van der Waals surface area contributed by atoms with Crippen LogP contribution >= 0.6 is 0 Å². The lowest BCUT2D eigenvalue weighted by Gasteiger charge is -2.31. The highest BCUT2D eigenvalue weighted by Crippen LogP contribution is 2.15. The van der Waals surface area contributed by atoms with Crippen LogP contribution in [0.5, 0.6) is 0 Å². The quantitative estimate of drug-likeness (QED) is 0.668. The van der Waals surface area contributed by atoms with E-state index in [1.165, 1.54) is 10.0 Å². The molecule has 0 aromatic carbocycles. The summed E-state index contributed by atoms with van der Waals surface area (Å²) in [6, 6.07) is 0. The topological polar surface area (TPSA) is 79.2 Å². The first-order valence-corrected chi connectivity index (χ1v) is 10.4. The average molecular weight is 370 g/mol. The highest BCUT2D eigenvalue weighted by Gasteiger charge is 2.34. The van der Waals surface area contributed by atoms with Gasteiger partial charge in [-0.05, 0) is 19.8 Å². The lowest BCUT2D eigenvalue weighted by molar-refractivity contribution is 0.0702. The molecule has 2 saturated heterocycles. The molecule has 3 rings (SSSR count). The van der Waals surface area contributed by atoms with Gasteiger partial charge in [0.15, 0.2) is 6.21 Å². The fraction of sp³-hybridized carbons (Fsp3) is 0.750. The molecule has 0 radical (unpaired) electrons. The summed E-state index contributed by atoms with van der Waals surface area (Å²) >= 11 is 0. The maximum Gasteiger partial charge on any atom is 0.445 e. The average Bonchev–Trinajstić information content (AvgIpc) is 2.89. The normalized spacial score (nSPS) is 24.1. The second-order valence-corrected chi connectivity index (χ2v) is 8.41. The summed E-state index contributed by atoms with van der Waals surface area (Å²) in [4.78, 5) is 2.15. The molecule has 0 aromatic rings. The molecule has 3 heterocycles. The molecule has 0 bridgehead atoms. The van der Waals surface area contributed by atoms with E-state index in [1.807, 2.05) is 13.1 Å². The predicted octanol–water partition coefficient (Wildman–Crippen LogP) is -0.648. The molecule has 1 N–H and O–H groups in total. The van der Waals surface area contributed by atoms with Gasteiger partial charge in [-0.15, -0.1) is 0 Å². The van der Waals surface area contributed by atoms with Crippen LogP contribution in [0.4, 0.5) is 0 Å². The zero-order valence-electron chi connectivity index (χ0n) is 15.1. The minimum absolute atomic E-state index is 0.440. The molecule has 9 heteroatoms. The van der Waals surface area contributed by atoms with Crippen molar-refractivity contribution in [2.24, 2.45) is 0 Å². The van der Waals surface area contributed by atoms with E-state index in [-0.39, 0.29) is 0 Å². The molecule has 3 aliphatic heterocycles. The summed E-state index contributed by atoms with van der Waals surface area (Å²) in [6.07, 6.45) is 3.60. The molecule has 0 unspecified atom stereocenters. The van der Waals surface area contributed by atoms with Crippen LogP contribution in [0.25, 0.3) is 0 Å². The number of ether oxygens (including phenoxy) is 1. The van der Waals surface area contributed by atoms with Crippen molar-refractivity contribution in [1.82, 2.24) is 23.5 Å². The van der Waals surface area contributed by atoms with Crippen LogP contribution in [0.15, 0.2) is 11.3 Å². The molecule has 0 spiro atoms. The van der Waals surface area contributed by atoms with Gasteiger partial charge in [0.05, 0.1) is 32.0 Å². The van der Waals surface area contributed by atoms with E-state index in [0.29, 0.717) is 45.9 Å². The van der Waals surface area contributed by atoms with Crippen LogP contribution in [0.3, 0.4) is 0 Å². The van der Waals surface area contributed by atoms with Crippen molar-refractivity contribution in [2.45, 2.75) is 26.7 Å². The zero-order chi connectivity index (χ0) is 17.9. The van der Waals surface area contributed by atoms with Gasteiger partial charge < -0.3 is 4.74 Å². The fourth-order valence-electron chi connectivity index (χ4n) is 3.31. The van der Waals surface area contributed by atoms with E-state index < -0.39 is 10.2 Å². The molecule has 25 heavy (non-hydrogen) atoms. The molecule has 2 fully saturated rings. The summed E-state index contributed by atoms with van der Waals surface area (Å²) in [7, 11) is -3.40. The molecule has 0 amide bonds. The zero-order valence-corrected chi connectivity index (χ0v) is 15.9. The maximum absolute atomic E-state index is 12.8. The Bertz CT molecular complexity index is 691. The Kier molecular flexibility index (Phi) is 5.81. The Hall–Kier alpha value is -1.38. The van der Waals surface area contributed by atoms with Gasteiger partial charge in [0.25, 0.3) is 10.2 Å². The Morgan fingerprint density at radius 1 is 1.12 bits per heavy atom. The number of hydrogen-bond donors (Lipinski definition) is 1. The first kappa shape index (κ1) is 18.4. The Morgan fingerprint density at radius 2 is 1.84 bits per heavy atom. The first-order chi connectivity index (χ1) is 12.0. The Balaban J connectivity index is 1.66. The van der Waals surface area contributed by atoms with Gasteiger partial charge in [0, 0.05) is 31.8 Å². The molecule has 140 valence electrons. The van der Waals surface area contributed by atoms with Crippen LogP contribution in [-0.4, -0.2) is 86.6 Å². The lowest BCUT2D eigenvalue weighted by atomic mass is 10.2. The third kappa shape index (κ3) is 4.07. The molecule has 0 atom stereocenters. The van der Waals surface area contributed by atoms with Gasteiger partial charge in [-0.2, -0.15) is 17.0 Å². The monoisotopic (exact) mass is 370 g/mol. The van der Waals surface area contributed by atoms with Crippen molar-refractivity contribution in [1.29, 1.82) is 0 Å². The number of guanidine groups is 1. The van der Waals surface area contributed by atoms with Crippen LogP contribution in [0, 0.1) is 0 Å². The number of morpholine rings is 1. The second kappa shape index (κ2) is 7.88. The minimum Gasteiger partial charge on any atom is -0.379 e. The number of nitrogens with one attached hydrogen (secondary N) is 1. The van der Waals surface area contributed by atoms with E-state index >= 15 is 0 Å². The van der Waals surface area contributed by atoms with Crippen LogP contribution < -0.4 is 9.98 Å². The number of hydrogen-bond acceptors (Lipinski definition) is 5. The van der Waals surface area contributed by atoms with Gasteiger partial charge >= 0.3 is 5.96 Å². The van der Waals surface area contributed by atoms with E-state index in [9.17, 15) is 8.42 Å². The van der Waals surface area contributed by atoms with Gasteiger partial charge in [-0.25, -0.2) is 14.9 Å². The van der Waals surface area contributed by atoms with Crippen molar-refractivity contribution >= 4 is 22.4 Å². The van der Waals surface area contributed by atoms with Crippen molar-refractivity contribution in [2.75, 3.05) is 52.5 Å². The second-order valence-electron chi connectivity index (χ2n) is 6.48. The highest BCUT2D eigenvalue weighted by molar-refractivity contribution is 7.86. The van der Waals surface area contributed by atoms with Gasteiger partial charge in [-0.1, -0.05) is 6.92 Å². The minimum atomic E-state index is -3.40. The van der Waals surface area contributed by atoms with Crippen molar-refractivity contribution in [3.8, 4) is 0 Å². The summed E-state index contributed by atoms with van der Waals surface area (Å²) in [5.41, 5.74) is 2.32. The molecule has 3 aliphatic rings. The van der Waals surface area contributed by atoms with Crippen LogP contribution in [-0.2, 0) is 14.9 Å². The fourth-order valence-corrected chi connectivity index (χ4v) is 4.92. The van der Waals surface area contributed by atoms with Crippen LogP contribution in [0.2, 0.25) is 0 Å². The first-order valence-electron chi connectivity index (χ1n) is 8.98. The Labute approximate surface area is 150 Å². The molecule has 0 aromatic heterocycles. The summed E-state index contributed by atoms with van der Waals surface area (Å²) in [6.45, 7) is 8.44. The van der Waals surface area contributed by atoms with Gasteiger partial charge in [-0.3, -0.25) is 0 Å². The third-order valence-electron chi connectivity index (χ3n) is 4.85. The van der Waals surface area contributed by atoms with E-state index in [0.717, 1.165) is 30.9 Å². The number of allylic oxidation sites excluding steroid dienone is 2. The van der Waals surface area contributed by atoms with E-state index in [2.05, 4.69) is 21.8 Å². The number of rotatable bonds is 3. The van der Waals surface area contributed by atoms with E-state index in [4.69, 9.17) is 4.74 Å². The largest absolute Gasteiger partial charge is 0.445 e. The summed E-state index contributed by atoms with van der Waals surface area (Å²) in [5, 5.41) is 3.40. The SMILES string of the molecule is CCC1=C(C)C=[N+]=C(N2CCCN(S(=O)(=O)N3CCOCC3)CC2)N1. The predicted molar refractivity (Wildman–Crippen MR) is 98.4 cm³/mol. The summed E-state index contributed by atoms with van der Waals surface area (Å²) < 4.78 is 38.6. The summed E-state index contributed by atoms with van der Waals surface area (Å²) in [5.74, 6) is 0.827. The van der Waals surface area contributed by atoms with Crippen molar-refractivity contribution < 1.29 is 13.2 Å². The van der Waals surface area contributed by atoms with Crippen molar-refractivity contribution in [3.05, 3.63) is 11.3 Å². The van der Waals surface area contributed by atoms with Gasteiger partial charge in [0.2, 0.25) is 0 Å². The molecule has 8 nitrogen and oxygen atoms in total. The molecule has 0 aliphatic carbocycles. The smallest absolute Gasteiger partial charge is 0.379 e. The molecular formula is C16H28N5O3S+. The van der Waals surface area contributed by atoms with E-state index in [1.54, 1.807) is 4.31 Å². The molecular weight excluding hydrogens is 342 g/mol. The third-order valence-corrected chi connectivity index (χ3v) is 6.89. The Morgan fingerprint density at radius 3 is 2.56 bits per heavy atom.